The monoisotopic (exact) mass is 352 g/mol. The van der Waals surface area contributed by atoms with Crippen molar-refractivity contribution in [3.63, 3.8) is 0 Å². The minimum absolute atomic E-state index is 0.152. The largest absolute Gasteiger partial charge is 0.465 e. The standard InChI is InChI=1S/C14H25NO9/c1-4-23-11(9(19)6-16)12-10(15-7(2)17)8(18)5-14(21,24-12)13(20)22-3/h8-12,16,18-19,21H,4-6H2,1-3H3,(H,15,17)/t8-,9+,10+,11+,12+,14?/m0/s1/i1D. The number of rotatable bonds is 7. The second-order valence-corrected chi connectivity index (χ2v) is 5.44. The minimum Gasteiger partial charge on any atom is -0.465 e. The topological polar surface area (TPSA) is 155 Å². The van der Waals surface area contributed by atoms with Gasteiger partial charge in [0.1, 0.15) is 18.3 Å². The average molecular weight is 352 g/mol. The zero-order valence-corrected chi connectivity index (χ0v) is 13.5. The highest BCUT2D eigenvalue weighted by Crippen LogP contribution is 2.32. The Morgan fingerprint density at radius 1 is 1.54 bits per heavy atom. The van der Waals surface area contributed by atoms with Crippen molar-refractivity contribution in [2.45, 2.75) is 56.5 Å². The Labute approximate surface area is 140 Å². The van der Waals surface area contributed by atoms with Crippen molar-refractivity contribution in [2.75, 3.05) is 20.3 Å². The van der Waals surface area contributed by atoms with Gasteiger partial charge in [-0.2, -0.15) is 0 Å². The number of carbonyl (C=O) groups is 2. The molecule has 24 heavy (non-hydrogen) atoms. The highest BCUT2D eigenvalue weighted by molar-refractivity contribution is 5.78. The molecule has 6 atom stereocenters. The Morgan fingerprint density at radius 2 is 2.21 bits per heavy atom. The lowest BCUT2D eigenvalue weighted by atomic mass is 9.88. The summed E-state index contributed by atoms with van der Waals surface area (Å²) in [6.45, 7) is 0.117. The van der Waals surface area contributed by atoms with E-state index < -0.39 is 61.1 Å². The SMILES string of the molecule is [2H]CCO[C@@H]([C@@H]1OC(O)(C(=O)OC)C[C@H](O)[C@H]1NC(C)=O)[C@H](O)CO. The van der Waals surface area contributed by atoms with Gasteiger partial charge in [0, 0.05) is 21.3 Å². The molecule has 1 aliphatic rings. The van der Waals surface area contributed by atoms with Crippen LogP contribution in [0.25, 0.3) is 0 Å². The average Bonchev–Trinajstić information content (AvgIpc) is 2.56. The van der Waals surface area contributed by atoms with Gasteiger partial charge < -0.3 is 40.0 Å². The number of esters is 1. The highest BCUT2D eigenvalue weighted by atomic mass is 16.7. The van der Waals surface area contributed by atoms with Gasteiger partial charge in [0.2, 0.25) is 5.91 Å². The molecule has 140 valence electrons. The summed E-state index contributed by atoms with van der Waals surface area (Å²) in [6.07, 6.45) is -6.26. The molecule has 1 unspecified atom stereocenters. The zero-order chi connectivity index (χ0) is 19.2. The van der Waals surface area contributed by atoms with Crippen LogP contribution in [0.3, 0.4) is 0 Å². The van der Waals surface area contributed by atoms with Crippen LogP contribution in [0.15, 0.2) is 0 Å². The normalized spacial score (nSPS) is 33.2. The summed E-state index contributed by atoms with van der Waals surface area (Å²) in [6, 6.07) is -1.14. The number of carbonyl (C=O) groups excluding carboxylic acids is 2. The van der Waals surface area contributed by atoms with Crippen LogP contribution in [0.5, 0.6) is 0 Å². The molecule has 0 aromatic heterocycles. The minimum atomic E-state index is -2.52. The first-order chi connectivity index (χ1) is 11.7. The number of nitrogens with one attached hydrogen (secondary N) is 1. The first kappa shape index (κ1) is 19.0. The van der Waals surface area contributed by atoms with Gasteiger partial charge in [-0.1, -0.05) is 0 Å². The molecule has 1 aliphatic heterocycles. The predicted molar refractivity (Wildman–Crippen MR) is 78.6 cm³/mol. The Balaban J connectivity index is 3.20. The molecule has 1 amide bonds. The van der Waals surface area contributed by atoms with E-state index in [0.29, 0.717) is 0 Å². The third-order valence-electron chi connectivity index (χ3n) is 3.66. The lowest BCUT2D eigenvalue weighted by Crippen LogP contribution is -2.67. The molecule has 0 radical (unpaired) electrons. The molecule has 10 heteroatoms. The maximum absolute atomic E-state index is 11.8. The summed E-state index contributed by atoms with van der Waals surface area (Å²) in [5.74, 6) is -4.22. The van der Waals surface area contributed by atoms with Crippen molar-refractivity contribution >= 4 is 11.9 Å². The Kier molecular flexibility index (Phi) is 6.90. The molecule has 0 saturated carbocycles. The van der Waals surface area contributed by atoms with Gasteiger partial charge in [-0.15, -0.1) is 0 Å². The number of aliphatic hydroxyl groups is 4. The van der Waals surface area contributed by atoms with E-state index >= 15 is 0 Å². The van der Waals surface area contributed by atoms with Gasteiger partial charge in [-0.25, -0.2) is 4.79 Å². The van der Waals surface area contributed by atoms with Gasteiger partial charge in [-0.05, 0) is 6.90 Å². The summed E-state index contributed by atoms with van der Waals surface area (Å²) in [5.41, 5.74) is 0. The van der Waals surface area contributed by atoms with Gasteiger partial charge in [0.05, 0.1) is 25.9 Å². The summed E-state index contributed by atoms with van der Waals surface area (Å²) >= 11 is 0. The van der Waals surface area contributed by atoms with Crippen LogP contribution in [0.2, 0.25) is 0 Å². The van der Waals surface area contributed by atoms with Crippen molar-refractivity contribution in [3.8, 4) is 0 Å². The molecule has 0 bridgehead atoms. The van der Waals surface area contributed by atoms with Gasteiger partial charge in [0.25, 0.3) is 5.79 Å². The van der Waals surface area contributed by atoms with Crippen molar-refractivity contribution in [1.82, 2.24) is 5.32 Å². The molecule has 0 spiro atoms. The molecule has 5 N–H and O–H groups in total. The molecule has 0 aliphatic carbocycles. The van der Waals surface area contributed by atoms with E-state index in [1.807, 2.05) is 0 Å². The van der Waals surface area contributed by atoms with Gasteiger partial charge in [0.15, 0.2) is 0 Å². The molecule has 1 rings (SSSR count). The van der Waals surface area contributed by atoms with Crippen LogP contribution >= 0.6 is 0 Å². The molecule has 10 nitrogen and oxygen atoms in total. The Bertz CT molecular complexity index is 466. The first-order valence-electron chi connectivity index (χ1n) is 8.04. The van der Waals surface area contributed by atoms with Crippen LogP contribution in [0.4, 0.5) is 0 Å². The van der Waals surface area contributed by atoms with Gasteiger partial charge >= 0.3 is 5.97 Å². The van der Waals surface area contributed by atoms with Crippen LogP contribution in [-0.4, -0.2) is 88.9 Å². The number of hydrogen-bond donors (Lipinski definition) is 5. The second kappa shape index (κ2) is 8.70. The fourth-order valence-electron chi connectivity index (χ4n) is 2.62. The van der Waals surface area contributed by atoms with E-state index in [2.05, 4.69) is 10.1 Å². The number of ether oxygens (including phenoxy) is 3. The first-order valence-corrected chi connectivity index (χ1v) is 7.33. The van der Waals surface area contributed by atoms with E-state index in [4.69, 9.17) is 10.8 Å². The van der Waals surface area contributed by atoms with E-state index in [1.165, 1.54) is 6.92 Å². The van der Waals surface area contributed by atoms with Crippen LogP contribution in [-0.2, 0) is 23.8 Å². The zero-order valence-electron chi connectivity index (χ0n) is 14.5. The van der Waals surface area contributed by atoms with Crippen molar-refractivity contribution < 1.29 is 45.6 Å². The fourth-order valence-corrected chi connectivity index (χ4v) is 2.62. The highest BCUT2D eigenvalue weighted by Gasteiger charge is 2.54. The molecular formula is C14H25NO9. The number of aliphatic hydroxyl groups excluding tert-OH is 3. The quantitative estimate of drug-likeness (QED) is 0.307. The van der Waals surface area contributed by atoms with Crippen molar-refractivity contribution in [1.29, 1.82) is 0 Å². The molecule has 0 aromatic carbocycles. The third kappa shape index (κ3) is 4.62. The maximum Gasteiger partial charge on any atom is 0.366 e. The fraction of sp³-hybridized carbons (Fsp3) is 0.857. The summed E-state index contributed by atoms with van der Waals surface area (Å²) in [5, 5.41) is 42.3. The lowest BCUT2D eigenvalue weighted by molar-refractivity contribution is -0.299. The van der Waals surface area contributed by atoms with E-state index in [1.54, 1.807) is 0 Å². The van der Waals surface area contributed by atoms with Crippen LogP contribution in [0, 0.1) is 0 Å². The smallest absolute Gasteiger partial charge is 0.366 e. The molecule has 1 heterocycles. The van der Waals surface area contributed by atoms with E-state index in [0.717, 1.165) is 7.11 Å². The van der Waals surface area contributed by atoms with Crippen LogP contribution < -0.4 is 5.32 Å². The van der Waals surface area contributed by atoms with E-state index in [9.17, 15) is 30.0 Å². The molecular weight excluding hydrogens is 326 g/mol. The molecule has 0 aromatic rings. The van der Waals surface area contributed by atoms with Crippen molar-refractivity contribution in [2.24, 2.45) is 0 Å². The predicted octanol–water partition coefficient (Wildman–Crippen LogP) is -2.74. The third-order valence-corrected chi connectivity index (χ3v) is 3.66. The van der Waals surface area contributed by atoms with E-state index in [-0.39, 0.29) is 13.5 Å². The second-order valence-electron chi connectivity index (χ2n) is 5.44. The lowest BCUT2D eigenvalue weighted by Gasteiger charge is -2.46. The van der Waals surface area contributed by atoms with Crippen molar-refractivity contribution in [3.05, 3.63) is 0 Å². The summed E-state index contributed by atoms with van der Waals surface area (Å²) in [7, 11) is 1.02. The number of methoxy groups -OCH3 is 1. The number of hydrogen-bond acceptors (Lipinski definition) is 9. The summed E-state index contributed by atoms with van der Waals surface area (Å²) < 4.78 is 22.2. The Hall–Kier alpha value is -1.30. The summed E-state index contributed by atoms with van der Waals surface area (Å²) in [4.78, 5) is 23.2. The maximum atomic E-state index is 11.8. The number of amides is 1. The van der Waals surface area contributed by atoms with Crippen LogP contribution in [0.1, 0.15) is 21.6 Å². The molecule has 1 fully saturated rings. The molecule has 1 saturated heterocycles. The van der Waals surface area contributed by atoms with Gasteiger partial charge in [-0.3, -0.25) is 4.79 Å². The Morgan fingerprint density at radius 3 is 2.71 bits per heavy atom.